The molecule has 1 saturated heterocycles. The number of nitro benzene ring substituents is 1. The fourth-order valence-electron chi connectivity index (χ4n) is 2.57. The van der Waals surface area contributed by atoms with Crippen LogP contribution in [0.2, 0.25) is 5.02 Å². The molecule has 1 aromatic carbocycles. The summed E-state index contributed by atoms with van der Waals surface area (Å²) >= 11 is 7.60. The maximum atomic E-state index is 12.3. The summed E-state index contributed by atoms with van der Waals surface area (Å²) in [6.45, 7) is 2.50. The molecule has 0 radical (unpaired) electrons. The van der Waals surface area contributed by atoms with E-state index < -0.39 is 4.92 Å². The Bertz CT molecular complexity index is 728. The van der Waals surface area contributed by atoms with E-state index in [0.29, 0.717) is 31.2 Å². The van der Waals surface area contributed by atoms with Crippen LogP contribution in [-0.2, 0) is 0 Å². The summed E-state index contributed by atoms with van der Waals surface area (Å²) in [5.74, 6) is 0.0504. The molecule has 2 aromatic rings. The monoisotopic (exact) mass is 351 g/mol. The van der Waals surface area contributed by atoms with Crippen LogP contribution in [0.25, 0.3) is 0 Å². The Labute approximate surface area is 142 Å². The molecule has 0 bridgehead atoms. The maximum Gasteiger partial charge on any atom is 0.271 e. The number of nitro groups is 1. The van der Waals surface area contributed by atoms with E-state index in [1.54, 1.807) is 6.07 Å². The molecule has 1 aliphatic heterocycles. The van der Waals surface area contributed by atoms with Crippen molar-refractivity contribution in [3.05, 3.63) is 55.7 Å². The number of amides is 1. The number of hydrogen-bond donors (Lipinski definition) is 0. The van der Waals surface area contributed by atoms with Gasteiger partial charge in [0.05, 0.1) is 20.5 Å². The van der Waals surface area contributed by atoms with Gasteiger partial charge >= 0.3 is 0 Å². The summed E-state index contributed by atoms with van der Waals surface area (Å²) < 4.78 is 0. The Morgan fingerprint density at radius 2 is 1.96 bits per heavy atom. The highest BCUT2D eigenvalue weighted by atomic mass is 35.5. The first-order valence-corrected chi connectivity index (χ1v) is 8.33. The summed E-state index contributed by atoms with van der Waals surface area (Å²) in [5, 5.41) is 13.0. The molecule has 1 aromatic heterocycles. The van der Waals surface area contributed by atoms with Crippen molar-refractivity contribution in [2.75, 3.05) is 31.1 Å². The summed E-state index contributed by atoms with van der Waals surface area (Å²) in [7, 11) is 0. The van der Waals surface area contributed by atoms with E-state index in [9.17, 15) is 14.9 Å². The van der Waals surface area contributed by atoms with Gasteiger partial charge in [0.15, 0.2) is 0 Å². The number of carbonyl (C=O) groups is 1. The van der Waals surface area contributed by atoms with E-state index in [2.05, 4.69) is 0 Å². The van der Waals surface area contributed by atoms with Crippen LogP contribution >= 0.6 is 22.9 Å². The topological polar surface area (TPSA) is 66.7 Å². The third-order valence-corrected chi connectivity index (χ3v) is 4.94. The van der Waals surface area contributed by atoms with Gasteiger partial charge in [0, 0.05) is 38.3 Å². The van der Waals surface area contributed by atoms with Crippen molar-refractivity contribution >= 4 is 40.2 Å². The molecule has 23 heavy (non-hydrogen) atoms. The molecular formula is C15H14ClN3O3S. The molecule has 0 spiro atoms. The SMILES string of the molecule is O=C(c1cccs1)N1CCN(c2ccc([N+](=O)[O-])cc2Cl)CC1. The lowest BCUT2D eigenvalue weighted by atomic mass is 10.2. The number of hydrogen-bond acceptors (Lipinski definition) is 5. The Morgan fingerprint density at radius 1 is 1.22 bits per heavy atom. The fraction of sp³-hybridized carbons (Fsp3) is 0.267. The third-order valence-electron chi connectivity index (χ3n) is 3.78. The van der Waals surface area contributed by atoms with Crippen LogP contribution < -0.4 is 4.90 Å². The number of halogens is 1. The summed E-state index contributed by atoms with van der Waals surface area (Å²) in [6.07, 6.45) is 0. The van der Waals surface area contributed by atoms with Gasteiger partial charge in [-0.3, -0.25) is 14.9 Å². The number of carbonyl (C=O) groups excluding carboxylic acids is 1. The predicted octanol–water partition coefficient (Wildman–Crippen LogP) is 3.27. The molecule has 0 aliphatic carbocycles. The van der Waals surface area contributed by atoms with E-state index in [1.807, 2.05) is 27.3 Å². The van der Waals surface area contributed by atoms with Crippen molar-refractivity contribution in [3.63, 3.8) is 0 Å². The van der Waals surface area contributed by atoms with Gasteiger partial charge in [-0.1, -0.05) is 17.7 Å². The molecule has 1 fully saturated rings. The van der Waals surface area contributed by atoms with E-state index in [-0.39, 0.29) is 11.6 Å². The molecule has 0 saturated carbocycles. The van der Waals surface area contributed by atoms with E-state index >= 15 is 0 Å². The summed E-state index contributed by atoms with van der Waals surface area (Å²) in [4.78, 5) is 27.2. The first-order valence-electron chi connectivity index (χ1n) is 7.08. The lowest BCUT2D eigenvalue weighted by molar-refractivity contribution is -0.384. The van der Waals surface area contributed by atoms with Crippen molar-refractivity contribution < 1.29 is 9.72 Å². The van der Waals surface area contributed by atoms with Gasteiger partial charge in [0.1, 0.15) is 0 Å². The van der Waals surface area contributed by atoms with Crippen molar-refractivity contribution in [2.24, 2.45) is 0 Å². The molecule has 8 heteroatoms. The van der Waals surface area contributed by atoms with Crippen molar-refractivity contribution in [3.8, 4) is 0 Å². The first-order chi connectivity index (χ1) is 11.1. The number of benzene rings is 1. The van der Waals surface area contributed by atoms with Crippen LogP contribution in [-0.4, -0.2) is 41.9 Å². The van der Waals surface area contributed by atoms with E-state index in [1.165, 1.54) is 23.5 Å². The molecule has 0 atom stereocenters. The van der Waals surface area contributed by atoms with Crippen molar-refractivity contribution in [1.82, 2.24) is 4.90 Å². The minimum Gasteiger partial charge on any atom is -0.367 e. The molecule has 120 valence electrons. The fourth-order valence-corrected chi connectivity index (χ4v) is 3.56. The molecule has 3 rings (SSSR count). The molecule has 0 unspecified atom stereocenters. The first kappa shape index (κ1) is 15.8. The molecule has 1 amide bonds. The van der Waals surface area contributed by atoms with Crippen LogP contribution in [0.15, 0.2) is 35.7 Å². The number of non-ortho nitro benzene ring substituents is 1. The van der Waals surface area contributed by atoms with Crippen LogP contribution in [0.5, 0.6) is 0 Å². The molecule has 0 N–H and O–H groups in total. The zero-order chi connectivity index (χ0) is 16.4. The highest BCUT2D eigenvalue weighted by Crippen LogP contribution is 2.30. The largest absolute Gasteiger partial charge is 0.367 e. The van der Waals surface area contributed by atoms with Gasteiger partial charge in [-0.15, -0.1) is 11.3 Å². The highest BCUT2D eigenvalue weighted by molar-refractivity contribution is 7.12. The average molecular weight is 352 g/mol. The minimum absolute atomic E-state index is 0.0229. The van der Waals surface area contributed by atoms with Gasteiger partial charge < -0.3 is 9.80 Å². The minimum atomic E-state index is -0.465. The van der Waals surface area contributed by atoms with Crippen molar-refractivity contribution in [1.29, 1.82) is 0 Å². The molecular weight excluding hydrogens is 338 g/mol. The Kier molecular flexibility index (Phi) is 4.49. The third kappa shape index (κ3) is 3.30. The normalized spacial score (nSPS) is 14.8. The zero-order valence-electron chi connectivity index (χ0n) is 12.1. The van der Waals surface area contributed by atoms with Gasteiger partial charge in [-0.2, -0.15) is 0 Å². The lowest BCUT2D eigenvalue weighted by Crippen LogP contribution is -2.48. The van der Waals surface area contributed by atoms with Gasteiger partial charge in [-0.25, -0.2) is 0 Å². The number of nitrogens with zero attached hydrogens (tertiary/aromatic N) is 3. The highest BCUT2D eigenvalue weighted by Gasteiger charge is 2.24. The summed E-state index contributed by atoms with van der Waals surface area (Å²) in [6, 6.07) is 8.17. The number of rotatable bonds is 3. The predicted molar refractivity (Wildman–Crippen MR) is 90.5 cm³/mol. The second-order valence-corrected chi connectivity index (χ2v) is 6.50. The van der Waals surface area contributed by atoms with Gasteiger partial charge in [0.25, 0.3) is 11.6 Å². The number of piperazine rings is 1. The maximum absolute atomic E-state index is 12.3. The second-order valence-electron chi connectivity index (χ2n) is 5.15. The summed E-state index contributed by atoms with van der Waals surface area (Å²) in [5.41, 5.74) is 0.741. The van der Waals surface area contributed by atoms with Crippen LogP contribution in [0.1, 0.15) is 9.67 Å². The second kappa shape index (κ2) is 6.55. The molecule has 6 nitrogen and oxygen atoms in total. The van der Waals surface area contributed by atoms with Crippen LogP contribution in [0.3, 0.4) is 0 Å². The Morgan fingerprint density at radius 3 is 2.52 bits per heavy atom. The van der Waals surface area contributed by atoms with E-state index in [4.69, 9.17) is 11.6 Å². The number of thiophene rings is 1. The quantitative estimate of drug-likeness (QED) is 0.628. The molecule has 2 heterocycles. The zero-order valence-corrected chi connectivity index (χ0v) is 13.7. The van der Waals surface area contributed by atoms with Gasteiger partial charge in [0.2, 0.25) is 0 Å². The average Bonchev–Trinajstić information content (AvgIpc) is 3.08. The van der Waals surface area contributed by atoms with Crippen LogP contribution in [0.4, 0.5) is 11.4 Å². The van der Waals surface area contributed by atoms with Gasteiger partial charge in [-0.05, 0) is 17.5 Å². The smallest absolute Gasteiger partial charge is 0.271 e. The Balaban J connectivity index is 1.67. The number of anilines is 1. The Hall–Kier alpha value is -2.12. The lowest BCUT2D eigenvalue weighted by Gasteiger charge is -2.36. The van der Waals surface area contributed by atoms with E-state index in [0.717, 1.165) is 10.6 Å². The van der Waals surface area contributed by atoms with Crippen molar-refractivity contribution in [2.45, 2.75) is 0 Å². The van der Waals surface area contributed by atoms with Crippen LogP contribution in [0, 0.1) is 10.1 Å². The molecule has 1 aliphatic rings. The standard InChI is InChI=1S/C15H14ClN3O3S/c16-12-10-11(19(21)22)3-4-13(12)17-5-7-18(8-6-17)15(20)14-2-1-9-23-14/h1-4,9-10H,5-8H2.